The highest BCUT2D eigenvalue weighted by atomic mass is 32.1. The third-order valence-corrected chi connectivity index (χ3v) is 4.53. The quantitative estimate of drug-likeness (QED) is 0.862. The molecule has 2 aromatic heterocycles. The Bertz CT molecular complexity index is 588. The van der Waals surface area contributed by atoms with Crippen molar-refractivity contribution in [1.29, 1.82) is 0 Å². The lowest BCUT2D eigenvalue weighted by atomic mass is 9.86. The van der Waals surface area contributed by atoms with Gasteiger partial charge in [0.25, 0.3) is 0 Å². The number of hydrogen-bond donors (Lipinski definition) is 0. The van der Waals surface area contributed by atoms with E-state index in [1.54, 1.807) is 11.3 Å². The van der Waals surface area contributed by atoms with E-state index in [-0.39, 0.29) is 5.92 Å². The number of carbonyl (C=O) groups is 1. The van der Waals surface area contributed by atoms with Gasteiger partial charge in [0.05, 0.1) is 0 Å². The molecule has 3 rings (SSSR count). The second-order valence-corrected chi connectivity index (χ2v) is 5.84. The Morgan fingerprint density at radius 1 is 1.42 bits per heavy atom. The monoisotopic (exact) mass is 276 g/mol. The molecule has 2 heterocycles. The summed E-state index contributed by atoms with van der Waals surface area (Å²) in [5.74, 6) is 1.64. The average molecular weight is 276 g/mol. The van der Waals surface area contributed by atoms with E-state index in [9.17, 15) is 4.79 Å². The minimum atomic E-state index is 0.0746. The standard InChI is InChI=1S/C14H16N2O2S/c1-9-7-19-8-11(9)14-15-13(18-16-14)6-10-4-2-3-5-12(10)17/h7-8,10H,2-6H2,1H3. The van der Waals surface area contributed by atoms with E-state index in [0.717, 1.165) is 30.4 Å². The first-order valence-electron chi connectivity index (χ1n) is 6.62. The second-order valence-electron chi connectivity index (χ2n) is 5.09. The SMILES string of the molecule is Cc1cscc1-c1noc(CC2CCCCC2=O)n1. The number of Topliss-reactive ketones (excluding diaryl/α,β-unsaturated/α-hetero) is 1. The van der Waals surface area contributed by atoms with Gasteiger partial charge in [-0.1, -0.05) is 11.6 Å². The van der Waals surface area contributed by atoms with Crippen molar-refractivity contribution >= 4 is 17.1 Å². The van der Waals surface area contributed by atoms with Gasteiger partial charge >= 0.3 is 0 Å². The molecule has 5 heteroatoms. The smallest absolute Gasteiger partial charge is 0.227 e. The van der Waals surface area contributed by atoms with E-state index in [1.807, 2.05) is 12.3 Å². The first-order valence-corrected chi connectivity index (χ1v) is 7.57. The maximum Gasteiger partial charge on any atom is 0.227 e. The number of aromatic nitrogens is 2. The van der Waals surface area contributed by atoms with Gasteiger partial charge in [0.15, 0.2) is 0 Å². The number of rotatable bonds is 3. The molecule has 4 nitrogen and oxygen atoms in total. The molecular weight excluding hydrogens is 260 g/mol. The Morgan fingerprint density at radius 2 is 2.32 bits per heavy atom. The third kappa shape index (κ3) is 2.61. The van der Waals surface area contributed by atoms with Crippen molar-refractivity contribution in [2.75, 3.05) is 0 Å². The molecule has 0 aromatic carbocycles. The molecule has 0 saturated heterocycles. The average Bonchev–Trinajstić information content (AvgIpc) is 3.01. The van der Waals surface area contributed by atoms with Crippen molar-refractivity contribution in [2.24, 2.45) is 5.92 Å². The van der Waals surface area contributed by atoms with Crippen LogP contribution in [-0.2, 0) is 11.2 Å². The summed E-state index contributed by atoms with van der Waals surface area (Å²) in [7, 11) is 0. The van der Waals surface area contributed by atoms with Crippen LogP contribution in [0.1, 0.15) is 37.1 Å². The van der Waals surface area contributed by atoms with Crippen LogP contribution in [0, 0.1) is 12.8 Å². The van der Waals surface area contributed by atoms with E-state index in [4.69, 9.17) is 4.52 Å². The molecule has 1 unspecified atom stereocenters. The fourth-order valence-corrected chi connectivity index (χ4v) is 3.35. The molecular formula is C14H16N2O2S. The molecule has 1 fully saturated rings. The highest BCUT2D eigenvalue weighted by Crippen LogP contribution is 2.27. The fraction of sp³-hybridized carbons (Fsp3) is 0.500. The van der Waals surface area contributed by atoms with Gasteiger partial charge in [-0.2, -0.15) is 16.3 Å². The highest BCUT2D eigenvalue weighted by Gasteiger charge is 2.25. The van der Waals surface area contributed by atoms with Crippen LogP contribution in [0.4, 0.5) is 0 Å². The van der Waals surface area contributed by atoms with Crippen LogP contribution in [0.3, 0.4) is 0 Å². The van der Waals surface area contributed by atoms with Gasteiger partial charge < -0.3 is 4.52 Å². The van der Waals surface area contributed by atoms with Crippen LogP contribution in [0.2, 0.25) is 0 Å². The number of aryl methyl sites for hydroxylation is 1. The summed E-state index contributed by atoms with van der Waals surface area (Å²) >= 11 is 1.63. The Morgan fingerprint density at radius 3 is 3.05 bits per heavy atom. The molecule has 100 valence electrons. The maximum atomic E-state index is 11.8. The third-order valence-electron chi connectivity index (χ3n) is 3.67. The number of ketones is 1. The molecule has 0 amide bonds. The van der Waals surface area contributed by atoms with Gasteiger partial charge in [-0.05, 0) is 30.7 Å². The molecule has 0 bridgehead atoms. The molecule has 0 radical (unpaired) electrons. The molecule has 1 atom stereocenters. The van der Waals surface area contributed by atoms with Gasteiger partial charge in [-0.15, -0.1) is 0 Å². The van der Waals surface area contributed by atoms with E-state index in [2.05, 4.69) is 15.5 Å². The minimum Gasteiger partial charge on any atom is -0.339 e. The van der Waals surface area contributed by atoms with Gasteiger partial charge in [0.2, 0.25) is 11.7 Å². The maximum absolute atomic E-state index is 11.8. The van der Waals surface area contributed by atoms with Crippen LogP contribution in [0.5, 0.6) is 0 Å². The summed E-state index contributed by atoms with van der Waals surface area (Å²) in [4.78, 5) is 16.2. The zero-order valence-corrected chi connectivity index (χ0v) is 11.7. The predicted molar refractivity (Wildman–Crippen MR) is 73.0 cm³/mol. The van der Waals surface area contributed by atoms with Crippen molar-refractivity contribution in [1.82, 2.24) is 10.1 Å². The van der Waals surface area contributed by atoms with Crippen molar-refractivity contribution in [2.45, 2.75) is 39.0 Å². The summed E-state index contributed by atoms with van der Waals surface area (Å²) < 4.78 is 5.29. The van der Waals surface area contributed by atoms with Crippen LogP contribution in [0.15, 0.2) is 15.3 Å². The Labute approximate surface area is 115 Å². The summed E-state index contributed by atoms with van der Waals surface area (Å²) in [6.45, 7) is 2.03. The molecule has 0 aliphatic heterocycles. The second kappa shape index (κ2) is 5.25. The number of carbonyl (C=O) groups excluding carboxylic acids is 1. The van der Waals surface area contributed by atoms with Gasteiger partial charge in [-0.3, -0.25) is 4.79 Å². The summed E-state index contributed by atoms with van der Waals surface area (Å²) in [5, 5.41) is 8.11. The Balaban J connectivity index is 1.75. The molecule has 2 aromatic rings. The summed E-state index contributed by atoms with van der Waals surface area (Å²) in [5.41, 5.74) is 2.18. The highest BCUT2D eigenvalue weighted by molar-refractivity contribution is 7.08. The predicted octanol–water partition coefficient (Wildman–Crippen LogP) is 3.41. The molecule has 19 heavy (non-hydrogen) atoms. The van der Waals surface area contributed by atoms with Gasteiger partial charge in [0, 0.05) is 29.7 Å². The first kappa shape index (κ1) is 12.5. The fourth-order valence-electron chi connectivity index (χ4n) is 2.52. The molecule has 1 saturated carbocycles. The van der Waals surface area contributed by atoms with Crippen LogP contribution in [0.25, 0.3) is 11.4 Å². The van der Waals surface area contributed by atoms with Gasteiger partial charge in [-0.25, -0.2) is 0 Å². The molecule has 0 N–H and O–H groups in total. The largest absolute Gasteiger partial charge is 0.339 e. The molecule has 0 spiro atoms. The topological polar surface area (TPSA) is 56.0 Å². The first-order chi connectivity index (χ1) is 9.24. The number of thiophene rings is 1. The molecule has 1 aliphatic carbocycles. The van der Waals surface area contributed by atoms with Gasteiger partial charge in [0.1, 0.15) is 5.78 Å². The van der Waals surface area contributed by atoms with Crippen molar-refractivity contribution in [3.05, 3.63) is 22.2 Å². The van der Waals surface area contributed by atoms with Crippen LogP contribution in [-0.4, -0.2) is 15.9 Å². The van der Waals surface area contributed by atoms with E-state index >= 15 is 0 Å². The molecule has 1 aliphatic rings. The van der Waals surface area contributed by atoms with Crippen molar-refractivity contribution in [3.8, 4) is 11.4 Å². The number of nitrogens with zero attached hydrogens (tertiary/aromatic N) is 2. The lowest BCUT2D eigenvalue weighted by molar-refractivity contribution is -0.124. The zero-order chi connectivity index (χ0) is 13.2. The van der Waals surface area contributed by atoms with Crippen molar-refractivity contribution < 1.29 is 9.32 Å². The lowest BCUT2D eigenvalue weighted by Crippen LogP contribution is -2.21. The lowest BCUT2D eigenvalue weighted by Gasteiger charge is -2.18. The van der Waals surface area contributed by atoms with E-state index < -0.39 is 0 Å². The van der Waals surface area contributed by atoms with Crippen LogP contribution >= 0.6 is 11.3 Å². The zero-order valence-electron chi connectivity index (χ0n) is 10.9. The van der Waals surface area contributed by atoms with E-state index in [0.29, 0.717) is 30.3 Å². The van der Waals surface area contributed by atoms with Crippen LogP contribution < -0.4 is 0 Å². The number of hydrogen-bond acceptors (Lipinski definition) is 5. The van der Waals surface area contributed by atoms with Crippen molar-refractivity contribution in [3.63, 3.8) is 0 Å². The minimum absolute atomic E-state index is 0.0746. The Hall–Kier alpha value is -1.49. The summed E-state index contributed by atoms with van der Waals surface area (Å²) in [6, 6.07) is 0. The summed E-state index contributed by atoms with van der Waals surface area (Å²) in [6.07, 6.45) is 4.40. The van der Waals surface area contributed by atoms with E-state index in [1.165, 1.54) is 0 Å². The Kier molecular flexibility index (Phi) is 3.46. The normalized spacial score (nSPS) is 19.8.